The van der Waals surface area contributed by atoms with Gasteiger partial charge in [0.2, 0.25) is 0 Å². The summed E-state index contributed by atoms with van der Waals surface area (Å²) in [6.07, 6.45) is 8.17. The number of hydrogen-bond acceptors (Lipinski definition) is 4. The van der Waals surface area contributed by atoms with Gasteiger partial charge in [-0.3, -0.25) is 4.79 Å². The van der Waals surface area contributed by atoms with Crippen molar-refractivity contribution in [3.63, 3.8) is 0 Å². The molecule has 1 aromatic rings. The molecule has 0 aromatic carbocycles. The zero-order valence-corrected chi connectivity index (χ0v) is 10.5. The van der Waals surface area contributed by atoms with Crippen molar-refractivity contribution in [2.24, 2.45) is 5.92 Å². The Hall–Kier alpha value is -1.36. The average Bonchev–Trinajstić information content (AvgIpc) is 3.08. The molecule has 1 aliphatic carbocycles. The Morgan fingerprint density at radius 1 is 1.56 bits per heavy atom. The van der Waals surface area contributed by atoms with Crippen molar-refractivity contribution in [3.05, 3.63) is 18.0 Å². The fraction of sp³-hybridized carbons (Fsp3) is 0.692. The van der Waals surface area contributed by atoms with Crippen LogP contribution in [0.2, 0.25) is 0 Å². The number of carbonyl (C=O) groups excluding carboxylic acids is 1. The maximum Gasteiger partial charge on any atom is 0.309 e. The summed E-state index contributed by atoms with van der Waals surface area (Å²) in [6, 6.07) is 0. The van der Waals surface area contributed by atoms with Crippen LogP contribution in [0.4, 0.5) is 0 Å². The molecule has 1 saturated heterocycles. The van der Waals surface area contributed by atoms with Crippen molar-refractivity contribution in [2.45, 2.75) is 37.8 Å². The normalized spacial score (nSPS) is 31.1. The van der Waals surface area contributed by atoms with E-state index in [1.54, 1.807) is 0 Å². The van der Waals surface area contributed by atoms with Crippen LogP contribution in [0.1, 0.15) is 43.4 Å². The van der Waals surface area contributed by atoms with Crippen LogP contribution in [-0.4, -0.2) is 29.5 Å². The van der Waals surface area contributed by atoms with Gasteiger partial charge in [-0.2, -0.15) is 5.10 Å². The summed E-state index contributed by atoms with van der Waals surface area (Å²) < 4.78 is 12.3. The lowest BCUT2D eigenvalue weighted by Crippen LogP contribution is -2.18. The molecule has 3 rings (SSSR count). The van der Waals surface area contributed by atoms with E-state index in [1.165, 1.54) is 13.5 Å². The van der Waals surface area contributed by atoms with Crippen LogP contribution in [0.3, 0.4) is 0 Å². The first-order valence-corrected chi connectivity index (χ1v) is 6.53. The number of methoxy groups -OCH3 is 1. The van der Waals surface area contributed by atoms with Gasteiger partial charge in [-0.25, -0.2) is 4.68 Å². The lowest BCUT2D eigenvalue weighted by Gasteiger charge is -2.22. The molecule has 1 aromatic heterocycles. The first-order chi connectivity index (χ1) is 8.79. The summed E-state index contributed by atoms with van der Waals surface area (Å²) in [6.45, 7) is 0.814. The zero-order chi connectivity index (χ0) is 12.5. The van der Waals surface area contributed by atoms with Crippen LogP contribution >= 0.6 is 0 Å². The molecule has 0 radical (unpaired) electrons. The molecule has 2 aliphatic rings. The fourth-order valence-corrected chi connectivity index (χ4v) is 2.61. The van der Waals surface area contributed by atoms with E-state index in [9.17, 15) is 4.79 Å². The SMILES string of the molecule is COC(=O)C1CC1c1cnn(C2CCCCO2)c1. The predicted octanol–water partition coefficient (Wildman–Crippen LogP) is 1.86. The van der Waals surface area contributed by atoms with Crippen LogP contribution in [0.5, 0.6) is 0 Å². The largest absolute Gasteiger partial charge is 0.469 e. The van der Waals surface area contributed by atoms with E-state index in [4.69, 9.17) is 9.47 Å². The highest BCUT2D eigenvalue weighted by atomic mass is 16.5. The van der Waals surface area contributed by atoms with Crippen LogP contribution in [0, 0.1) is 5.92 Å². The summed E-state index contributed by atoms with van der Waals surface area (Å²) in [4.78, 5) is 11.4. The van der Waals surface area contributed by atoms with Crippen molar-refractivity contribution >= 4 is 5.97 Å². The van der Waals surface area contributed by atoms with Crippen LogP contribution in [0.25, 0.3) is 0 Å². The van der Waals surface area contributed by atoms with Gasteiger partial charge in [-0.1, -0.05) is 0 Å². The third-order valence-electron chi connectivity index (χ3n) is 3.79. The van der Waals surface area contributed by atoms with Crippen molar-refractivity contribution in [1.82, 2.24) is 9.78 Å². The second kappa shape index (κ2) is 4.72. The Labute approximate surface area is 106 Å². The third kappa shape index (κ3) is 2.14. The zero-order valence-electron chi connectivity index (χ0n) is 10.5. The van der Waals surface area contributed by atoms with Gasteiger partial charge in [0, 0.05) is 18.7 Å². The molecule has 3 unspecified atom stereocenters. The molecular formula is C13H18N2O3. The first-order valence-electron chi connectivity index (χ1n) is 6.53. The number of esters is 1. The summed E-state index contributed by atoms with van der Waals surface area (Å²) in [5.41, 5.74) is 1.12. The number of nitrogens with zero attached hydrogens (tertiary/aromatic N) is 2. The summed E-state index contributed by atoms with van der Waals surface area (Å²) in [5.74, 6) is 0.205. The Kier molecular flexibility index (Phi) is 3.07. The highest BCUT2D eigenvalue weighted by molar-refractivity contribution is 5.77. The first kappa shape index (κ1) is 11.7. The highest BCUT2D eigenvalue weighted by Crippen LogP contribution is 2.48. The lowest BCUT2D eigenvalue weighted by atomic mass is 10.2. The summed E-state index contributed by atoms with van der Waals surface area (Å²) in [5, 5.41) is 4.36. The van der Waals surface area contributed by atoms with E-state index < -0.39 is 0 Å². The molecule has 3 atom stereocenters. The third-order valence-corrected chi connectivity index (χ3v) is 3.79. The minimum Gasteiger partial charge on any atom is -0.469 e. The molecule has 0 bridgehead atoms. The monoisotopic (exact) mass is 250 g/mol. The van der Waals surface area contributed by atoms with Crippen molar-refractivity contribution in [3.8, 4) is 0 Å². The molecule has 1 aliphatic heterocycles. The summed E-state index contributed by atoms with van der Waals surface area (Å²) >= 11 is 0. The molecule has 0 amide bonds. The molecular weight excluding hydrogens is 232 g/mol. The molecule has 2 heterocycles. The minimum absolute atomic E-state index is 0.0277. The van der Waals surface area contributed by atoms with Gasteiger partial charge in [0.05, 0.1) is 19.2 Å². The molecule has 98 valence electrons. The minimum atomic E-state index is -0.110. The van der Waals surface area contributed by atoms with Gasteiger partial charge in [0.1, 0.15) is 6.23 Å². The van der Waals surface area contributed by atoms with Gasteiger partial charge in [-0.15, -0.1) is 0 Å². The van der Waals surface area contributed by atoms with Gasteiger partial charge < -0.3 is 9.47 Å². The van der Waals surface area contributed by atoms with Crippen molar-refractivity contribution in [1.29, 1.82) is 0 Å². The molecule has 1 saturated carbocycles. The second-order valence-electron chi connectivity index (χ2n) is 5.05. The van der Waals surface area contributed by atoms with Crippen LogP contribution in [-0.2, 0) is 14.3 Å². The van der Waals surface area contributed by atoms with E-state index in [2.05, 4.69) is 5.10 Å². The van der Waals surface area contributed by atoms with Crippen molar-refractivity contribution in [2.75, 3.05) is 13.7 Å². The predicted molar refractivity (Wildman–Crippen MR) is 63.9 cm³/mol. The van der Waals surface area contributed by atoms with E-state index in [1.807, 2.05) is 17.1 Å². The second-order valence-corrected chi connectivity index (χ2v) is 5.05. The van der Waals surface area contributed by atoms with Gasteiger partial charge in [-0.05, 0) is 31.2 Å². The smallest absolute Gasteiger partial charge is 0.309 e. The Balaban J connectivity index is 1.65. The number of aromatic nitrogens is 2. The highest BCUT2D eigenvalue weighted by Gasteiger charge is 2.45. The molecule has 2 fully saturated rings. The maximum atomic E-state index is 11.4. The van der Waals surface area contributed by atoms with E-state index in [0.717, 1.165) is 31.4 Å². The molecule has 5 heteroatoms. The molecule has 18 heavy (non-hydrogen) atoms. The average molecular weight is 250 g/mol. The standard InChI is InChI=1S/C13H18N2O3/c1-17-13(16)11-6-10(11)9-7-14-15(8-9)12-4-2-3-5-18-12/h7-8,10-12H,2-6H2,1H3. The lowest BCUT2D eigenvalue weighted by molar-refractivity contribution is -0.142. The Morgan fingerprint density at radius 3 is 3.17 bits per heavy atom. The molecule has 5 nitrogen and oxygen atoms in total. The number of hydrogen-bond donors (Lipinski definition) is 0. The topological polar surface area (TPSA) is 53.3 Å². The quantitative estimate of drug-likeness (QED) is 0.768. The van der Waals surface area contributed by atoms with E-state index >= 15 is 0 Å². The van der Waals surface area contributed by atoms with Gasteiger partial charge >= 0.3 is 5.97 Å². The van der Waals surface area contributed by atoms with Crippen LogP contribution < -0.4 is 0 Å². The van der Waals surface area contributed by atoms with E-state index in [0.29, 0.717) is 0 Å². The Morgan fingerprint density at radius 2 is 2.44 bits per heavy atom. The van der Waals surface area contributed by atoms with Gasteiger partial charge in [0.15, 0.2) is 0 Å². The van der Waals surface area contributed by atoms with Crippen LogP contribution in [0.15, 0.2) is 12.4 Å². The Bertz CT molecular complexity index is 437. The summed E-state index contributed by atoms with van der Waals surface area (Å²) in [7, 11) is 1.44. The number of carbonyl (C=O) groups is 1. The van der Waals surface area contributed by atoms with Crippen molar-refractivity contribution < 1.29 is 14.3 Å². The molecule has 0 N–H and O–H groups in total. The van der Waals surface area contributed by atoms with E-state index in [-0.39, 0.29) is 24.0 Å². The maximum absolute atomic E-state index is 11.4. The molecule has 0 spiro atoms. The number of ether oxygens (including phenoxy) is 2. The van der Waals surface area contributed by atoms with Gasteiger partial charge in [0.25, 0.3) is 0 Å². The fourth-order valence-electron chi connectivity index (χ4n) is 2.61. The number of rotatable bonds is 3.